The van der Waals surface area contributed by atoms with Gasteiger partial charge in [-0.1, -0.05) is 64.1 Å². The molecule has 2 aromatic carbocycles. The van der Waals surface area contributed by atoms with E-state index in [-0.39, 0.29) is 57.5 Å². The van der Waals surface area contributed by atoms with E-state index in [9.17, 15) is 24.0 Å². The molecule has 7 rings (SSSR count). The SMILES string of the molecule is CCn1c(-c2cccnc2[C@H](C)OC)c2c3cc(ccc31)-c1cccc(c1)C[C@H](NC(=O)C(C(C)C)N(C)C(=O)C1(F)CCN(C(=O)/C=C/CN(C)C)CC1)C(=O)N1CCC[C@H](N1)C(=O)OCC(C)(C)C2. The first-order chi connectivity index (χ1) is 33.7. The standard InChI is InChI=1S/C55H73FN8O7/c1-11-63-45-22-21-39-32-41(45)42(49(63)40-18-13-25-57-47(40)36(4)70-10)33-54(5,6)34-71-52(68)43-19-14-27-64(59-43)51(67)44(31-37-16-12-17-38(39)30-37)58-50(66)48(35(2)3)61(9)53(69)55(56)23-28-62(29-24-55)46(65)20-15-26-60(7)8/h12-13,15-18,20-22,25,30,32,35-36,43-44,48,59H,11,14,19,23-24,26-29,31,33-34H2,1-10H3,(H,58,66)/b20-15+/t36-,43-,44-,48?/m0/s1. The second kappa shape index (κ2) is 22.2. The largest absolute Gasteiger partial charge is 0.464 e. The fourth-order valence-electron chi connectivity index (χ4n) is 10.4. The summed E-state index contributed by atoms with van der Waals surface area (Å²) in [4.78, 5) is 79.7. The number of hydrazine groups is 1. The minimum Gasteiger partial charge on any atom is -0.464 e. The molecule has 0 spiro atoms. The third-order valence-corrected chi connectivity index (χ3v) is 14.2. The van der Waals surface area contributed by atoms with Gasteiger partial charge in [0.1, 0.15) is 18.1 Å². The number of carbonyl (C=O) groups is 5. The highest BCUT2D eigenvalue weighted by molar-refractivity contribution is 5.96. The minimum atomic E-state index is -2.30. The summed E-state index contributed by atoms with van der Waals surface area (Å²) in [6.07, 6.45) is 5.89. The Morgan fingerprint density at radius 3 is 2.44 bits per heavy atom. The summed E-state index contributed by atoms with van der Waals surface area (Å²) in [5, 5.41) is 5.43. The number of cyclic esters (lactones) is 1. The van der Waals surface area contributed by atoms with Crippen LogP contribution in [-0.4, -0.2) is 144 Å². The van der Waals surface area contributed by atoms with Gasteiger partial charge in [-0.05, 0) is 99.6 Å². The smallest absolute Gasteiger partial charge is 0.324 e. The number of carbonyl (C=O) groups excluding carboxylic acids is 5. The van der Waals surface area contributed by atoms with Crippen molar-refractivity contribution < 1.29 is 37.8 Å². The van der Waals surface area contributed by atoms with Crippen molar-refractivity contribution in [3.63, 3.8) is 0 Å². The van der Waals surface area contributed by atoms with E-state index in [1.54, 1.807) is 33.2 Å². The molecule has 4 amide bonds. The average Bonchev–Trinajstić information content (AvgIpc) is 3.65. The molecule has 6 bridgehead atoms. The maximum Gasteiger partial charge on any atom is 0.324 e. The van der Waals surface area contributed by atoms with Crippen LogP contribution in [0, 0.1) is 11.3 Å². The van der Waals surface area contributed by atoms with Crippen LogP contribution in [0.15, 0.2) is 72.9 Å². The molecule has 16 heteroatoms. The number of pyridine rings is 1. The van der Waals surface area contributed by atoms with E-state index in [4.69, 9.17) is 14.5 Å². The van der Waals surface area contributed by atoms with Crippen LogP contribution in [0.1, 0.15) is 90.2 Å². The van der Waals surface area contributed by atoms with Crippen molar-refractivity contribution in [3.8, 4) is 22.4 Å². The average molecular weight is 977 g/mol. The highest BCUT2D eigenvalue weighted by atomic mass is 19.1. The summed E-state index contributed by atoms with van der Waals surface area (Å²) >= 11 is 0. The van der Waals surface area contributed by atoms with Gasteiger partial charge in [0.2, 0.25) is 11.8 Å². The number of ether oxygens (including phenoxy) is 2. The van der Waals surface area contributed by atoms with E-state index in [0.29, 0.717) is 32.4 Å². The number of amides is 4. The zero-order valence-corrected chi connectivity index (χ0v) is 43.2. The Morgan fingerprint density at radius 2 is 1.75 bits per heavy atom. The molecule has 71 heavy (non-hydrogen) atoms. The Labute approximate surface area is 418 Å². The number of aryl methyl sites for hydroxylation is 1. The predicted molar refractivity (Wildman–Crippen MR) is 272 cm³/mol. The van der Waals surface area contributed by atoms with Crippen LogP contribution >= 0.6 is 0 Å². The number of alkyl halides is 1. The van der Waals surface area contributed by atoms with Gasteiger partial charge in [0, 0.05) is 100 Å². The van der Waals surface area contributed by atoms with Crippen LogP contribution in [0.25, 0.3) is 33.3 Å². The van der Waals surface area contributed by atoms with Crippen LogP contribution in [0.4, 0.5) is 4.39 Å². The van der Waals surface area contributed by atoms with Crippen molar-refractivity contribution in [1.82, 2.24) is 40.0 Å². The summed E-state index contributed by atoms with van der Waals surface area (Å²) in [5.74, 6) is -3.13. The zero-order valence-electron chi connectivity index (χ0n) is 43.2. The number of fused-ring (bicyclic) bond motifs is 6. The van der Waals surface area contributed by atoms with Crippen LogP contribution in [0.5, 0.6) is 0 Å². The van der Waals surface area contributed by atoms with E-state index in [1.807, 2.05) is 56.3 Å². The van der Waals surface area contributed by atoms with Gasteiger partial charge in [-0.2, -0.15) is 0 Å². The molecule has 1 unspecified atom stereocenters. The number of esters is 1. The molecule has 0 saturated carbocycles. The third kappa shape index (κ3) is 11.7. The van der Waals surface area contributed by atoms with Crippen molar-refractivity contribution in [1.29, 1.82) is 0 Å². The lowest BCUT2D eigenvalue weighted by molar-refractivity contribution is -0.156. The van der Waals surface area contributed by atoms with Gasteiger partial charge in [-0.25, -0.2) is 9.82 Å². The monoisotopic (exact) mass is 977 g/mol. The Hall–Kier alpha value is -5.97. The molecule has 2 aromatic heterocycles. The van der Waals surface area contributed by atoms with E-state index in [2.05, 4.69) is 60.3 Å². The molecule has 4 atom stereocenters. The second-order valence-corrected chi connectivity index (χ2v) is 20.9. The maximum atomic E-state index is 16.7. The number of aromatic nitrogens is 2. The lowest BCUT2D eigenvalue weighted by Gasteiger charge is -2.40. The van der Waals surface area contributed by atoms with Gasteiger partial charge in [0.25, 0.3) is 11.8 Å². The summed E-state index contributed by atoms with van der Waals surface area (Å²) in [6, 6.07) is 15.3. The number of nitrogens with one attached hydrogen (secondary N) is 2. The third-order valence-electron chi connectivity index (χ3n) is 14.2. The molecule has 0 aliphatic carbocycles. The van der Waals surface area contributed by atoms with Crippen molar-refractivity contribution >= 4 is 40.5 Å². The number of halogens is 1. The first-order valence-electron chi connectivity index (χ1n) is 25.1. The summed E-state index contributed by atoms with van der Waals surface area (Å²) in [7, 11) is 6.88. The fourth-order valence-corrected chi connectivity index (χ4v) is 10.4. The lowest BCUT2D eigenvalue weighted by atomic mass is 9.84. The van der Waals surface area contributed by atoms with Gasteiger partial charge >= 0.3 is 5.97 Å². The summed E-state index contributed by atoms with van der Waals surface area (Å²) < 4.78 is 30.9. The quantitative estimate of drug-likeness (QED) is 0.116. The van der Waals surface area contributed by atoms with Crippen molar-refractivity contribution in [2.24, 2.45) is 11.3 Å². The Kier molecular flexibility index (Phi) is 16.5. The first kappa shape index (κ1) is 52.8. The Morgan fingerprint density at radius 1 is 1.01 bits per heavy atom. The van der Waals surface area contributed by atoms with Crippen molar-refractivity contribution in [3.05, 3.63) is 89.8 Å². The van der Waals surface area contributed by atoms with Crippen molar-refractivity contribution in [2.45, 2.75) is 117 Å². The van der Waals surface area contributed by atoms with Crippen molar-refractivity contribution in [2.75, 3.05) is 61.0 Å². The van der Waals surface area contributed by atoms with Gasteiger partial charge in [0.05, 0.1) is 24.1 Å². The number of rotatable bonds is 12. The lowest BCUT2D eigenvalue weighted by Crippen LogP contribution is -2.63. The van der Waals surface area contributed by atoms with Crippen LogP contribution in [0.3, 0.4) is 0 Å². The number of hydrogen-bond acceptors (Lipinski definition) is 10. The van der Waals surface area contributed by atoms with Gasteiger partial charge in [-0.15, -0.1) is 0 Å². The fraction of sp³-hybridized carbons (Fsp3) is 0.527. The molecule has 4 aromatic rings. The molecule has 0 radical (unpaired) electrons. The van der Waals surface area contributed by atoms with Crippen LogP contribution < -0.4 is 10.7 Å². The molecule has 5 heterocycles. The highest BCUT2D eigenvalue weighted by Crippen LogP contribution is 2.42. The summed E-state index contributed by atoms with van der Waals surface area (Å²) in [5.41, 5.74) is 7.90. The molecule has 2 N–H and O–H groups in total. The van der Waals surface area contributed by atoms with E-state index in [0.717, 1.165) is 55.0 Å². The zero-order chi connectivity index (χ0) is 51.4. The number of methoxy groups -OCH3 is 1. The number of likely N-dealkylation sites (tertiary alicyclic amines) is 1. The minimum absolute atomic E-state index is 0.0482. The van der Waals surface area contributed by atoms with Gasteiger partial charge in [0.15, 0.2) is 5.67 Å². The topological polar surface area (TPSA) is 159 Å². The number of piperidine rings is 1. The first-order valence-corrected chi connectivity index (χ1v) is 25.1. The molecule has 15 nitrogen and oxygen atoms in total. The Bertz CT molecular complexity index is 2640. The van der Waals surface area contributed by atoms with Gasteiger partial charge < -0.3 is 34.1 Å². The highest BCUT2D eigenvalue weighted by Gasteiger charge is 2.47. The predicted octanol–water partition coefficient (Wildman–Crippen LogP) is 6.68. The van der Waals surface area contributed by atoms with Crippen LogP contribution in [-0.2, 0) is 52.8 Å². The molecule has 2 fully saturated rings. The van der Waals surface area contributed by atoms with Gasteiger partial charge in [-0.3, -0.25) is 34.0 Å². The maximum absolute atomic E-state index is 16.7. The number of likely N-dealkylation sites (N-methyl/N-ethyl adjacent to an activating group) is 2. The Balaban J connectivity index is 1.23. The van der Waals surface area contributed by atoms with E-state index in [1.165, 1.54) is 23.0 Å². The van der Waals surface area contributed by atoms with E-state index < -0.39 is 58.8 Å². The number of hydrogen-bond donors (Lipinski definition) is 2. The normalized spacial score (nSPS) is 20.5. The molecular weight excluding hydrogens is 904 g/mol. The molecular formula is C55H73FN8O7. The number of benzene rings is 2. The summed E-state index contributed by atoms with van der Waals surface area (Å²) in [6.45, 7) is 13.6. The molecule has 382 valence electrons. The second-order valence-electron chi connectivity index (χ2n) is 20.9. The van der Waals surface area contributed by atoms with Crippen LogP contribution in [0.2, 0.25) is 0 Å². The number of nitrogens with zero attached hydrogens (tertiary/aromatic N) is 6. The van der Waals surface area contributed by atoms with E-state index >= 15 is 4.39 Å². The molecule has 3 aliphatic rings. The molecule has 3 aliphatic heterocycles. The molecule has 2 saturated heterocycles.